The molecular formula is C27H30N6O3. The number of piperazine rings is 1. The van der Waals surface area contributed by atoms with Gasteiger partial charge in [-0.05, 0) is 27.0 Å². The molecule has 3 heterocycles. The first kappa shape index (κ1) is 23.7. The van der Waals surface area contributed by atoms with E-state index in [4.69, 9.17) is 14.6 Å². The minimum atomic E-state index is -0.388. The summed E-state index contributed by atoms with van der Waals surface area (Å²) < 4.78 is 13.5. The highest BCUT2D eigenvalue weighted by molar-refractivity contribution is 5.97. The smallest absolute Gasteiger partial charge is 0.415 e. The summed E-state index contributed by atoms with van der Waals surface area (Å²) in [5.41, 5.74) is 4.07. The van der Waals surface area contributed by atoms with Gasteiger partial charge < -0.3 is 19.3 Å². The summed E-state index contributed by atoms with van der Waals surface area (Å²) in [5, 5.41) is 5.44. The first-order chi connectivity index (χ1) is 17.4. The van der Waals surface area contributed by atoms with Crippen LogP contribution in [0.25, 0.3) is 33.4 Å². The summed E-state index contributed by atoms with van der Waals surface area (Å²) in [6.07, 6.45) is 3.09. The number of aryl methyl sites for hydroxylation is 1. The molecule has 186 valence electrons. The standard InChI is InChI=1S/C27H30N6O3/c1-5-35-23-14-22-20(13-24(23)36-27(34)33-12-11-31(3)15-18(33)2)26(29-17-28-22)21-16-32(4)30-25(21)19-9-7-6-8-10-19/h6-10,13-14,16-18H,5,11-12,15H2,1-4H3/t18-/m0/s1. The number of amides is 1. The van der Waals surface area contributed by atoms with Gasteiger partial charge in [0.25, 0.3) is 0 Å². The lowest BCUT2D eigenvalue weighted by Crippen LogP contribution is -2.53. The van der Waals surface area contributed by atoms with Crippen LogP contribution in [0, 0.1) is 0 Å². The first-order valence-electron chi connectivity index (χ1n) is 12.1. The van der Waals surface area contributed by atoms with Gasteiger partial charge in [-0.1, -0.05) is 30.3 Å². The largest absolute Gasteiger partial charge is 0.490 e. The van der Waals surface area contributed by atoms with Gasteiger partial charge in [0.15, 0.2) is 11.5 Å². The van der Waals surface area contributed by atoms with Crippen LogP contribution in [0.4, 0.5) is 4.79 Å². The summed E-state index contributed by atoms with van der Waals surface area (Å²) in [7, 11) is 3.94. The van der Waals surface area contributed by atoms with Gasteiger partial charge in [-0.2, -0.15) is 5.10 Å². The van der Waals surface area contributed by atoms with Gasteiger partial charge >= 0.3 is 6.09 Å². The van der Waals surface area contributed by atoms with E-state index < -0.39 is 0 Å². The fraction of sp³-hybridized carbons (Fsp3) is 0.333. The van der Waals surface area contributed by atoms with Gasteiger partial charge in [-0.25, -0.2) is 14.8 Å². The molecule has 2 aromatic heterocycles. The van der Waals surface area contributed by atoms with Crippen LogP contribution < -0.4 is 9.47 Å². The van der Waals surface area contributed by atoms with Crippen molar-refractivity contribution in [3.63, 3.8) is 0 Å². The number of hydrogen-bond donors (Lipinski definition) is 0. The van der Waals surface area contributed by atoms with Crippen LogP contribution in [0.3, 0.4) is 0 Å². The fourth-order valence-corrected chi connectivity index (χ4v) is 4.66. The average molecular weight is 487 g/mol. The number of fused-ring (bicyclic) bond motifs is 1. The van der Waals surface area contributed by atoms with Gasteiger partial charge in [0.2, 0.25) is 0 Å². The number of carbonyl (C=O) groups excluding carboxylic acids is 1. The molecule has 0 saturated carbocycles. The minimum absolute atomic E-state index is 0.0509. The summed E-state index contributed by atoms with van der Waals surface area (Å²) in [5.74, 6) is 0.820. The molecule has 0 radical (unpaired) electrons. The van der Waals surface area contributed by atoms with Gasteiger partial charge in [-0.15, -0.1) is 0 Å². The highest BCUT2D eigenvalue weighted by atomic mass is 16.6. The maximum absolute atomic E-state index is 13.2. The quantitative estimate of drug-likeness (QED) is 0.417. The van der Waals surface area contributed by atoms with E-state index in [2.05, 4.69) is 21.9 Å². The number of ether oxygens (including phenoxy) is 2. The molecule has 2 aromatic carbocycles. The lowest BCUT2D eigenvalue weighted by molar-refractivity contribution is 0.0884. The Morgan fingerprint density at radius 3 is 2.61 bits per heavy atom. The Morgan fingerprint density at radius 2 is 1.86 bits per heavy atom. The molecule has 1 aliphatic rings. The zero-order valence-corrected chi connectivity index (χ0v) is 21.0. The summed E-state index contributed by atoms with van der Waals surface area (Å²) >= 11 is 0. The number of nitrogens with zero attached hydrogens (tertiary/aromatic N) is 6. The van der Waals surface area contributed by atoms with E-state index in [1.54, 1.807) is 21.7 Å². The van der Waals surface area contributed by atoms with Crippen LogP contribution in [0.1, 0.15) is 13.8 Å². The number of carbonyl (C=O) groups is 1. The summed E-state index contributed by atoms with van der Waals surface area (Å²) in [6, 6.07) is 13.6. The van der Waals surface area contributed by atoms with Crippen LogP contribution in [0.15, 0.2) is 55.0 Å². The molecule has 9 heteroatoms. The Hall–Kier alpha value is -3.98. The maximum Gasteiger partial charge on any atom is 0.415 e. The van der Waals surface area contributed by atoms with Crippen molar-refractivity contribution in [3.8, 4) is 34.0 Å². The molecular weight excluding hydrogens is 456 g/mol. The molecule has 1 saturated heterocycles. The van der Waals surface area contributed by atoms with E-state index in [0.717, 1.165) is 35.3 Å². The van der Waals surface area contributed by atoms with Gasteiger partial charge in [0.05, 0.1) is 17.8 Å². The number of hydrogen-bond acceptors (Lipinski definition) is 7. The van der Waals surface area contributed by atoms with Crippen LogP contribution in [-0.2, 0) is 7.05 Å². The van der Waals surface area contributed by atoms with E-state index in [1.165, 1.54) is 6.33 Å². The van der Waals surface area contributed by atoms with Crippen LogP contribution in [0.5, 0.6) is 11.5 Å². The molecule has 0 bridgehead atoms. The highest BCUT2D eigenvalue weighted by Gasteiger charge is 2.28. The zero-order chi connectivity index (χ0) is 25.2. The molecule has 9 nitrogen and oxygen atoms in total. The molecule has 0 spiro atoms. The molecule has 1 amide bonds. The fourth-order valence-electron chi connectivity index (χ4n) is 4.66. The van der Waals surface area contributed by atoms with E-state index >= 15 is 0 Å². The lowest BCUT2D eigenvalue weighted by atomic mass is 10.0. The highest BCUT2D eigenvalue weighted by Crippen LogP contribution is 2.38. The third kappa shape index (κ3) is 4.61. The van der Waals surface area contributed by atoms with Crippen LogP contribution >= 0.6 is 0 Å². The SMILES string of the molecule is CCOc1cc2ncnc(-c3cn(C)nc3-c3ccccc3)c2cc1OC(=O)N1CCN(C)C[C@@H]1C. The van der Waals surface area contributed by atoms with Crippen molar-refractivity contribution in [3.05, 3.63) is 55.0 Å². The van der Waals surface area contributed by atoms with Crippen molar-refractivity contribution < 1.29 is 14.3 Å². The van der Waals surface area contributed by atoms with E-state index in [0.29, 0.717) is 35.9 Å². The molecule has 1 fully saturated rings. The second kappa shape index (κ2) is 9.94. The van der Waals surface area contributed by atoms with E-state index in [1.807, 2.05) is 57.4 Å². The van der Waals surface area contributed by atoms with Crippen LogP contribution in [-0.4, -0.2) is 75.0 Å². The zero-order valence-electron chi connectivity index (χ0n) is 21.0. The van der Waals surface area contributed by atoms with Crippen molar-refractivity contribution in [1.82, 2.24) is 29.5 Å². The Balaban J connectivity index is 1.58. The van der Waals surface area contributed by atoms with E-state index in [9.17, 15) is 4.79 Å². The molecule has 36 heavy (non-hydrogen) atoms. The van der Waals surface area contributed by atoms with Crippen molar-refractivity contribution >= 4 is 17.0 Å². The number of likely N-dealkylation sites (N-methyl/N-ethyl adjacent to an activating group) is 1. The molecule has 4 aromatic rings. The molecule has 0 aliphatic carbocycles. The monoisotopic (exact) mass is 486 g/mol. The van der Waals surface area contributed by atoms with Crippen LogP contribution in [0.2, 0.25) is 0 Å². The second-order valence-electron chi connectivity index (χ2n) is 9.08. The Labute approximate surface area is 210 Å². The third-order valence-electron chi connectivity index (χ3n) is 6.39. The summed E-state index contributed by atoms with van der Waals surface area (Å²) in [4.78, 5) is 26.2. The van der Waals surface area contributed by atoms with Gasteiger partial charge in [0.1, 0.15) is 12.0 Å². The summed E-state index contributed by atoms with van der Waals surface area (Å²) in [6.45, 7) is 6.56. The van der Waals surface area contributed by atoms with Crippen molar-refractivity contribution in [2.45, 2.75) is 19.9 Å². The number of benzene rings is 2. The second-order valence-corrected chi connectivity index (χ2v) is 9.08. The van der Waals surface area contributed by atoms with Crippen molar-refractivity contribution in [2.24, 2.45) is 7.05 Å². The first-order valence-corrected chi connectivity index (χ1v) is 12.1. The van der Waals surface area contributed by atoms with Gasteiger partial charge in [-0.3, -0.25) is 4.68 Å². The molecule has 1 atom stereocenters. The predicted molar refractivity (Wildman–Crippen MR) is 138 cm³/mol. The van der Waals surface area contributed by atoms with Crippen molar-refractivity contribution in [2.75, 3.05) is 33.3 Å². The number of aromatic nitrogens is 4. The Morgan fingerprint density at radius 1 is 1.06 bits per heavy atom. The maximum atomic E-state index is 13.2. The Bertz CT molecular complexity index is 1390. The number of rotatable bonds is 5. The molecule has 1 aliphatic heterocycles. The van der Waals surface area contributed by atoms with Gasteiger partial charge in [0, 0.05) is 61.5 Å². The topological polar surface area (TPSA) is 85.6 Å². The third-order valence-corrected chi connectivity index (χ3v) is 6.39. The average Bonchev–Trinajstić information content (AvgIpc) is 3.26. The lowest BCUT2D eigenvalue weighted by Gasteiger charge is -2.37. The normalized spacial score (nSPS) is 16.3. The molecule has 0 N–H and O–H groups in total. The molecule has 5 rings (SSSR count). The van der Waals surface area contributed by atoms with E-state index in [-0.39, 0.29) is 12.1 Å². The van der Waals surface area contributed by atoms with Crippen molar-refractivity contribution in [1.29, 1.82) is 0 Å². The predicted octanol–water partition coefficient (Wildman–Crippen LogP) is 4.23. The minimum Gasteiger partial charge on any atom is -0.490 e. The Kier molecular flexibility index (Phi) is 6.56. The molecule has 0 unspecified atom stereocenters.